The number of thiophene rings is 1. The zero-order valence-corrected chi connectivity index (χ0v) is 12.2. The van der Waals surface area contributed by atoms with Gasteiger partial charge in [-0.1, -0.05) is 13.3 Å². The molecular formula is C9H15BrN2O2S2. The van der Waals surface area contributed by atoms with Crippen molar-refractivity contribution in [3.63, 3.8) is 0 Å². The first-order valence-electron chi connectivity index (χ1n) is 4.97. The van der Waals surface area contributed by atoms with Crippen molar-refractivity contribution in [1.82, 2.24) is 4.72 Å². The van der Waals surface area contributed by atoms with Gasteiger partial charge in [0.05, 0.1) is 3.79 Å². The van der Waals surface area contributed by atoms with Crippen molar-refractivity contribution >= 4 is 37.3 Å². The Balaban J connectivity index is 2.78. The number of nitrogens with two attached hydrogens (primary N) is 1. The lowest BCUT2D eigenvalue weighted by atomic mass is 10.2. The third kappa shape index (κ3) is 3.81. The Morgan fingerprint density at radius 2 is 2.25 bits per heavy atom. The summed E-state index contributed by atoms with van der Waals surface area (Å²) >= 11 is 4.43. The molecule has 0 fully saturated rings. The maximum atomic E-state index is 11.9. The van der Waals surface area contributed by atoms with E-state index in [4.69, 9.17) is 5.73 Å². The molecule has 0 aliphatic carbocycles. The summed E-state index contributed by atoms with van der Waals surface area (Å²) < 4.78 is 27.5. The Labute approximate surface area is 108 Å². The van der Waals surface area contributed by atoms with Gasteiger partial charge in [0.1, 0.15) is 4.21 Å². The van der Waals surface area contributed by atoms with Crippen LogP contribution in [0, 0.1) is 0 Å². The highest BCUT2D eigenvalue weighted by Gasteiger charge is 2.20. The lowest BCUT2D eigenvalue weighted by Crippen LogP contribution is -2.39. The van der Waals surface area contributed by atoms with Gasteiger partial charge in [0.25, 0.3) is 0 Å². The molecule has 0 aromatic carbocycles. The fraction of sp³-hybridized carbons (Fsp3) is 0.556. The molecule has 1 rings (SSSR count). The molecule has 92 valence electrons. The first-order chi connectivity index (χ1) is 7.49. The van der Waals surface area contributed by atoms with Crippen LogP contribution < -0.4 is 10.5 Å². The standard InChI is InChI=1S/C9H15BrN2O2S2/c1-2-3-7(6-11)12-16(13,14)9-5-4-8(10)15-9/h4-5,7,12H,2-3,6,11H2,1H3. The van der Waals surface area contributed by atoms with Crippen molar-refractivity contribution < 1.29 is 8.42 Å². The van der Waals surface area contributed by atoms with Crippen molar-refractivity contribution in [2.75, 3.05) is 6.54 Å². The van der Waals surface area contributed by atoms with Gasteiger partial charge in [0.2, 0.25) is 10.0 Å². The second-order valence-corrected chi connectivity index (χ2v) is 7.80. The van der Waals surface area contributed by atoms with Crippen LogP contribution in [0.5, 0.6) is 0 Å². The van der Waals surface area contributed by atoms with Crippen molar-refractivity contribution in [3.05, 3.63) is 15.9 Å². The van der Waals surface area contributed by atoms with Crippen LogP contribution in [0.15, 0.2) is 20.1 Å². The van der Waals surface area contributed by atoms with Crippen LogP contribution in [0.4, 0.5) is 0 Å². The van der Waals surface area contributed by atoms with Crippen LogP contribution in [0.3, 0.4) is 0 Å². The molecule has 4 nitrogen and oxygen atoms in total. The quantitative estimate of drug-likeness (QED) is 0.838. The largest absolute Gasteiger partial charge is 0.329 e. The summed E-state index contributed by atoms with van der Waals surface area (Å²) in [6.07, 6.45) is 1.65. The number of halogens is 1. The van der Waals surface area contributed by atoms with E-state index < -0.39 is 10.0 Å². The van der Waals surface area contributed by atoms with Crippen molar-refractivity contribution in [1.29, 1.82) is 0 Å². The molecule has 1 unspecified atom stereocenters. The highest BCUT2D eigenvalue weighted by Crippen LogP contribution is 2.26. The minimum absolute atomic E-state index is 0.184. The minimum atomic E-state index is -3.41. The zero-order valence-electron chi connectivity index (χ0n) is 8.94. The van der Waals surface area contributed by atoms with Crippen LogP contribution in [0.1, 0.15) is 19.8 Å². The Morgan fingerprint density at radius 3 is 2.69 bits per heavy atom. The molecule has 0 aliphatic heterocycles. The molecule has 3 N–H and O–H groups in total. The summed E-state index contributed by atoms with van der Waals surface area (Å²) in [4.78, 5) is 0. The Bertz CT molecular complexity index is 430. The molecule has 0 radical (unpaired) electrons. The number of hydrogen-bond donors (Lipinski definition) is 2. The smallest absolute Gasteiger partial charge is 0.250 e. The van der Waals surface area contributed by atoms with Gasteiger partial charge >= 0.3 is 0 Å². The van der Waals surface area contributed by atoms with Gasteiger partial charge < -0.3 is 5.73 Å². The maximum Gasteiger partial charge on any atom is 0.250 e. The van der Waals surface area contributed by atoms with E-state index in [0.717, 1.165) is 16.6 Å². The second-order valence-electron chi connectivity index (χ2n) is 3.40. The average Bonchev–Trinajstić information content (AvgIpc) is 2.64. The van der Waals surface area contributed by atoms with Gasteiger partial charge in [-0.05, 0) is 34.5 Å². The minimum Gasteiger partial charge on any atom is -0.329 e. The number of nitrogens with one attached hydrogen (secondary N) is 1. The third-order valence-electron chi connectivity index (χ3n) is 2.06. The zero-order chi connectivity index (χ0) is 12.2. The molecule has 0 amide bonds. The van der Waals surface area contributed by atoms with Crippen molar-refractivity contribution in [2.24, 2.45) is 5.73 Å². The van der Waals surface area contributed by atoms with E-state index in [2.05, 4.69) is 20.7 Å². The van der Waals surface area contributed by atoms with Gasteiger partial charge in [0, 0.05) is 12.6 Å². The molecule has 7 heteroatoms. The monoisotopic (exact) mass is 326 g/mol. The first kappa shape index (κ1) is 14.1. The molecule has 0 aliphatic rings. The summed E-state index contributed by atoms with van der Waals surface area (Å²) in [5.41, 5.74) is 5.52. The van der Waals surface area contributed by atoms with Gasteiger partial charge in [-0.2, -0.15) is 0 Å². The summed E-state index contributed by atoms with van der Waals surface area (Å²) in [5.74, 6) is 0. The molecule has 0 saturated heterocycles. The fourth-order valence-electron chi connectivity index (χ4n) is 1.29. The Morgan fingerprint density at radius 1 is 1.56 bits per heavy atom. The Kier molecular flexibility index (Phi) is 5.39. The molecule has 1 heterocycles. The molecular weight excluding hydrogens is 312 g/mol. The van der Waals surface area contributed by atoms with Crippen LogP contribution in [-0.4, -0.2) is 21.0 Å². The number of sulfonamides is 1. The second kappa shape index (κ2) is 6.11. The normalized spacial score (nSPS) is 13.9. The fourth-order valence-corrected chi connectivity index (χ4v) is 4.60. The van der Waals surface area contributed by atoms with Crippen molar-refractivity contribution in [3.8, 4) is 0 Å². The first-order valence-corrected chi connectivity index (χ1v) is 8.06. The van der Waals surface area contributed by atoms with Crippen LogP contribution in [-0.2, 0) is 10.0 Å². The molecule has 0 spiro atoms. The summed E-state index contributed by atoms with van der Waals surface area (Å²) in [6.45, 7) is 2.32. The van der Waals surface area contributed by atoms with Crippen LogP contribution in [0.25, 0.3) is 0 Å². The molecule has 1 aromatic heterocycles. The topological polar surface area (TPSA) is 72.2 Å². The van der Waals surface area contributed by atoms with E-state index in [1.54, 1.807) is 12.1 Å². The van der Waals surface area contributed by atoms with Crippen LogP contribution >= 0.6 is 27.3 Å². The summed E-state index contributed by atoms with van der Waals surface area (Å²) in [5, 5.41) is 0. The average molecular weight is 327 g/mol. The highest BCUT2D eigenvalue weighted by atomic mass is 79.9. The van der Waals surface area contributed by atoms with Gasteiger partial charge in [0.15, 0.2) is 0 Å². The summed E-state index contributed by atoms with van der Waals surface area (Å²) in [7, 11) is -3.41. The van der Waals surface area contributed by atoms with Gasteiger partial charge in [-0.25, -0.2) is 13.1 Å². The lowest BCUT2D eigenvalue weighted by Gasteiger charge is -2.14. The third-order valence-corrected chi connectivity index (χ3v) is 5.69. The van der Waals surface area contributed by atoms with E-state index in [1.165, 1.54) is 11.3 Å². The van der Waals surface area contributed by atoms with Gasteiger partial charge in [-0.3, -0.25) is 0 Å². The SMILES string of the molecule is CCCC(CN)NS(=O)(=O)c1ccc(Br)s1. The van der Waals surface area contributed by atoms with E-state index in [-0.39, 0.29) is 6.04 Å². The lowest BCUT2D eigenvalue weighted by molar-refractivity contribution is 0.528. The van der Waals surface area contributed by atoms with E-state index in [1.807, 2.05) is 6.92 Å². The van der Waals surface area contributed by atoms with Gasteiger partial charge in [-0.15, -0.1) is 11.3 Å². The van der Waals surface area contributed by atoms with E-state index in [9.17, 15) is 8.42 Å². The van der Waals surface area contributed by atoms with Crippen molar-refractivity contribution in [2.45, 2.75) is 30.0 Å². The highest BCUT2D eigenvalue weighted by molar-refractivity contribution is 9.11. The number of hydrogen-bond acceptors (Lipinski definition) is 4. The van der Waals surface area contributed by atoms with E-state index >= 15 is 0 Å². The van der Waals surface area contributed by atoms with Crippen LogP contribution in [0.2, 0.25) is 0 Å². The predicted octanol–water partition coefficient (Wildman–Crippen LogP) is 1.92. The molecule has 0 bridgehead atoms. The predicted molar refractivity (Wildman–Crippen MR) is 70.1 cm³/mol. The van der Waals surface area contributed by atoms with E-state index in [0.29, 0.717) is 10.8 Å². The molecule has 16 heavy (non-hydrogen) atoms. The molecule has 0 saturated carbocycles. The maximum absolute atomic E-state index is 11.9. The molecule has 1 aromatic rings. The molecule has 1 atom stereocenters. The Hall–Kier alpha value is 0.0500. The summed E-state index contributed by atoms with van der Waals surface area (Å²) in [6, 6.07) is 3.11. The number of rotatable bonds is 6.